The van der Waals surface area contributed by atoms with Gasteiger partial charge >= 0.3 is 0 Å². The second kappa shape index (κ2) is 11.1. The molecule has 3 rings (SSSR count). The monoisotopic (exact) mass is 415 g/mol. The maximum atomic E-state index is 5.36. The second-order valence-corrected chi connectivity index (χ2v) is 9.50. The average Bonchev–Trinajstić information content (AvgIpc) is 3.21. The van der Waals surface area contributed by atoms with Gasteiger partial charge in [0.15, 0.2) is 0 Å². The molecule has 2 heterocycles. The topological polar surface area (TPSA) is 28.6 Å². The van der Waals surface area contributed by atoms with Crippen molar-refractivity contribution in [2.45, 2.75) is 52.5 Å². The van der Waals surface area contributed by atoms with Crippen LogP contribution in [0.1, 0.15) is 55.8 Å². The number of rotatable bonds is 10. The Morgan fingerprint density at radius 1 is 1.34 bits per heavy atom. The van der Waals surface area contributed by atoms with Gasteiger partial charge in [-0.1, -0.05) is 32.9 Å². The maximum absolute atomic E-state index is 5.36. The van der Waals surface area contributed by atoms with E-state index in [1.165, 1.54) is 48.7 Å². The highest BCUT2D eigenvalue weighted by molar-refractivity contribution is 7.09. The first-order chi connectivity index (χ1) is 14.1. The van der Waals surface area contributed by atoms with E-state index in [0.29, 0.717) is 5.92 Å². The summed E-state index contributed by atoms with van der Waals surface area (Å²) in [6.07, 6.45) is 3.76. The fraction of sp³-hybridized carbons (Fsp3) is 0.625. The Bertz CT molecular complexity index is 745. The van der Waals surface area contributed by atoms with E-state index in [9.17, 15) is 0 Å². The number of ether oxygens (including phenoxy) is 1. The smallest absolute Gasteiger partial charge is 0.119 e. The summed E-state index contributed by atoms with van der Waals surface area (Å²) in [6, 6.07) is 8.49. The molecule has 2 aromatic rings. The number of piperidine rings is 1. The number of benzene rings is 1. The number of likely N-dealkylation sites (tertiary alicyclic amines) is 1. The van der Waals surface area contributed by atoms with Gasteiger partial charge in [0.2, 0.25) is 0 Å². The number of aromatic nitrogens is 1. The van der Waals surface area contributed by atoms with Crippen LogP contribution < -0.4 is 4.74 Å². The molecular formula is C24H37N3OS. The lowest BCUT2D eigenvalue weighted by Crippen LogP contribution is -2.41. The SMILES string of the molecule is CCN(Cc1nc(C(C)C)cs1)C[C@@H]1CCCN(CCc2cccc(OC)c2)C1. The molecule has 5 heteroatoms. The van der Waals surface area contributed by atoms with E-state index in [0.717, 1.165) is 37.7 Å². The molecule has 160 valence electrons. The summed E-state index contributed by atoms with van der Waals surface area (Å²) < 4.78 is 5.36. The molecule has 1 saturated heterocycles. The van der Waals surface area contributed by atoms with Crippen molar-refractivity contribution in [1.82, 2.24) is 14.8 Å². The van der Waals surface area contributed by atoms with E-state index in [1.807, 2.05) is 17.4 Å². The van der Waals surface area contributed by atoms with Gasteiger partial charge in [0.1, 0.15) is 10.8 Å². The van der Waals surface area contributed by atoms with Crippen molar-refractivity contribution in [3.05, 3.63) is 45.9 Å². The molecule has 0 aliphatic carbocycles. The third-order valence-electron chi connectivity index (χ3n) is 5.94. The number of nitrogens with zero attached hydrogens (tertiary/aromatic N) is 3. The van der Waals surface area contributed by atoms with Crippen LogP contribution in [0, 0.1) is 5.92 Å². The summed E-state index contributed by atoms with van der Waals surface area (Å²) >= 11 is 1.82. The molecule has 0 unspecified atom stereocenters. The van der Waals surface area contributed by atoms with E-state index in [4.69, 9.17) is 9.72 Å². The van der Waals surface area contributed by atoms with Crippen molar-refractivity contribution < 1.29 is 4.74 Å². The first-order valence-electron chi connectivity index (χ1n) is 11.1. The molecule has 1 aromatic heterocycles. The zero-order valence-corrected chi connectivity index (χ0v) is 19.4. The predicted molar refractivity (Wildman–Crippen MR) is 123 cm³/mol. The van der Waals surface area contributed by atoms with Crippen LogP contribution in [-0.4, -0.2) is 54.6 Å². The van der Waals surface area contributed by atoms with Gasteiger partial charge < -0.3 is 9.64 Å². The minimum absolute atomic E-state index is 0.520. The molecule has 0 spiro atoms. The predicted octanol–water partition coefficient (Wildman–Crippen LogP) is 5.05. The number of methoxy groups -OCH3 is 1. The summed E-state index contributed by atoms with van der Waals surface area (Å²) in [4.78, 5) is 10.1. The fourth-order valence-corrected chi connectivity index (χ4v) is 5.14. The molecular weight excluding hydrogens is 378 g/mol. The molecule has 29 heavy (non-hydrogen) atoms. The van der Waals surface area contributed by atoms with Crippen molar-refractivity contribution in [3.63, 3.8) is 0 Å². The van der Waals surface area contributed by atoms with Crippen molar-refractivity contribution in [2.75, 3.05) is 39.8 Å². The van der Waals surface area contributed by atoms with Crippen LogP contribution in [0.5, 0.6) is 5.75 Å². The average molecular weight is 416 g/mol. The van der Waals surface area contributed by atoms with Crippen LogP contribution in [0.4, 0.5) is 0 Å². The highest BCUT2D eigenvalue weighted by Gasteiger charge is 2.22. The Morgan fingerprint density at radius 2 is 2.21 bits per heavy atom. The number of hydrogen-bond acceptors (Lipinski definition) is 5. The van der Waals surface area contributed by atoms with Crippen LogP contribution >= 0.6 is 11.3 Å². The van der Waals surface area contributed by atoms with Gasteiger partial charge in [0.05, 0.1) is 19.3 Å². The van der Waals surface area contributed by atoms with Crippen molar-refractivity contribution in [1.29, 1.82) is 0 Å². The number of thiazole rings is 1. The molecule has 0 amide bonds. The Hall–Kier alpha value is -1.43. The van der Waals surface area contributed by atoms with Crippen molar-refractivity contribution >= 4 is 11.3 Å². The minimum atomic E-state index is 0.520. The number of hydrogen-bond donors (Lipinski definition) is 0. The Kier molecular flexibility index (Phi) is 8.52. The molecule has 1 fully saturated rings. The first kappa shape index (κ1) is 22.3. The molecule has 0 bridgehead atoms. The van der Waals surface area contributed by atoms with E-state index < -0.39 is 0 Å². The van der Waals surface area contributed by atoms with Crippen LogP contribution in [-0.2, 0) is 13.0 Å². The zero-order valence-electron chi connectivity index (χ0n) is 18.6. The first-order valence-corrected chi connectivity index (χ1v) is 12.0. The van der Waals surface area contributed by atoms with Gasteiger partial charge in [-0.2, -0.15) is 0 Å². The Labute approximate surface area is 180 Å². The molecule has 4 nitrogen and oxygen atoms in total. The van der Waals surface area contributed by atoms with Crippen LogP contribution in [0.2, 0.25) is 0 Å². The lowest BCUT2D eigenvalue weighted by molar-refractivity contribution is 0.133. The normalized spacial score (nSPS) is 17.9. The molecule has 1 aromatic carbocycles. The van der Waals surface area contributed by atoms with Gasteiger partial charge in [-0.15, -0.1) is 11.3 Å². The summed E-state index contributed by atoms with van der Waals surface area (Å²) in [5.41, 5.74) is 2.61. The zero-order chi connectivity index (χ0) is 20.6. The largest absolute Gasteiger partial charge is 0.497 e. The van der Waals surface area contributed by atoms with E-state index in [-0.39, 0.29) is 0 Å². The summed E-state index contributed by atoms with van der Waals surface area (Å²) in [5.74, 6) is 2.24. The van der Waals surface area contributed by atoms with Crippen LogP contribution in [0.25, 0.3) is 0 Å². The third kappa shape index (κ3) is 6.80. The minimum Gasteiger partial charge on any atom is -0.497 e. The molecule has 1 aliphatic heterocycles. The third-order valence-corrected chi connectivity index (χ3v) is 6.79. The molecule has 1 atom stereocenters. The van der Waals surface area contributed by atoms with Gasteiger partial charge in [-0.3, -0.25) is 4.90 Å². The maximum Gasteiger partial charge on any atom is 0.119 e. The summed E-state index contributed by atoms with van der Waals surface area (Å²) in [7, 11) is 1.74. The Balaban J connectivity index is 1.48. The van der Waals surface area contributed by atoms with E-state index in [2.05, 4.69) is 54.2 Å². The van der Waals surface area contributed by atoms with Gasteiger partial charge in [-0.25, -0.2) is 4.98 Å². The fourth-order valence-electron chi connectivity index (χ4n) is 4.14. The molecule has 0 saturated carbocycles. The highest BCUT2D eigenvalue weighted by Crippen LogP contribution is 2.22. The highest BCUT2D eigenvalue weighted by atomic mass is 32.1. The Morgan fingerprint density at radius 3 is 2.93 bits per heavy atom. The van der Waals surface area contributed by atoms with Crippen molar-refractivity contribution in [2.24, 2.45) is 5.92 Å². The van der Waals surface area contributed by atoms with E-state index in [1.54, 1.807) is 7.11 Å². The van der Waals surface area contributed by atoms with Crippen molar-refractivity contribution in [3.8, 4) is 5.75 Å². The summed E-state index contributed by atoms with van der Waals surface area (Å²) in [6.45, 7) is 13.6. The lowest BCUT2D eigenvalue weighted by atomic mass is 9.97. The lowest BCUT2D eigenvalue weighted by Gasteiger charge is -2.35. The van der Waals surface area contributed by atoms with E-state index >= 15 is 0 Å². The van der Waals surface area contributed by atoms with Crippen LogP contribution in [0.3, 0.4) is 0 Å². The van der Waals surface area contributed by atoms with Crippen LogP contribution in [0.15, 0.2) is 29.6 Å². The van der Waals surface area contributed by atoms with Gasteiger partial charge in [0, 0.05) is 25.0 Å². The second-order valence-electron chi connectivity index (χ2n) is 8.56. The quantitative estimate of drug-likeness (QED) is 0.543. The summed E-state index contributed by atoms with van der Waals surface area (Å²) in [5, 5.41) is 3.50. The standard InChI is InChI=1S/C24H37N3OS/c1-5-26(17-24-25-23(18-29-24)19(2)3)15-21-9-7-12-27(16-21)13-11-20-8-6-10-22(14-20)28-4/h6,8,10,14,18-19,21H,5,7,9,11-13,15-17H2,1-4H3/t21-/m0/s1. The molecule has 0 radical (unpaired) electrons. The van der Waals surface area contributed by atoms with Gasteiger partial charge in [0.25, 0.3) is 0 Å². The van der Waals surface area contributed by atoms with Gasteiger partial charge in [-0.05, 0) is 61.9 Å². The molecule has 0 N–H and O–H groups in total. The molecule has 1 aliphatic rings.